The van der Waals surface area contributed by atoms with Crippen molar-refractivity contribution in [2.24, 2.45) is 0 Å². The highest BCUT2D eigenvalue weighted by Crippen LogP contribution is 2.30. The molecule has 1 saturated heterocycles. The van der Waals surface area contributed by atoms with Crippen LogP contribution in [-0.4, -0.2) is 103 Å². The highest BCUT2D eigenvalue weighted by atomic mass is 16.7. The lowest BCUT2D eigenvalue weighted by molar-refractivity contribution is -0.312. The number of esters is 5. The fourth-order valence-corrected chi connectivity index (χ4v) is 3.28. The molecule has 38 heavy (non-hydrogen) atoms. The largest absolute Gasteiger partial charge is 0.463 e. The maximum absolute atomic E-state index is 12.2. The van der Waals surface area contributed by atoms with E-state index in [9.17, 15) is 34.2 Å². The van der Waals surface area contributed by atoms with Gasteiger partial charge in [0.2, 0.25) is 0 Å². The Kier molecular flexibility index (Phi) is 14.8. The molecule has 1 rings (SSSR count). The second kappa shape index (κ2) is 16.9. The zero-order chi connectivity index (χ0) is 28.8. The summed E-state index contributed by atoms with van der Waals surface area (Å²) in [5.74, 6) is -3.45. The van der Waals surface area contributed by atoms with Gasteiger partial charge in [0.1, 0.15) is 31.5 Å². The third-order valence-electron chi connectivity index (χ3n) is 5.20. The van der Waals surface area contributed by atoms with Crippen LogP contribution in [0.3, 0.4) is 0 Å². The van der Waals surface area contributed by atoms with Gasteiger partial charge in [0, 0.05) is 33.1 Å². The van der Waals surface area contributed by atoms with E-state index in [1.165, 1.54) is 13.8 Å². The summed E-state index contributed by atoms with van der Waals surface area (Å²) in [6, 6.07) is 0. The lowest BCUT2D eigenvalue weighted by Gasteiger charge is -2.44. The van der Waals surface area contributed by atoms with Gasteiger partial charge in [0.05, 0.1) is 6.61 Å². The molecule has 14 heteroatoms. The molecule has 1 heterocycles. The molecular weight excluding hydrogens is 512 g/mol. The summed E-state index contributed by atoms with van der Waals surface area (Å²) in [5.41, 5.74) is 0. The predicted octanol–water partition coefficient (Wildman–Crippen LogP) is -0.0686. The van der Waals surface area contributed by atoms with E-state index in [4.69, 9.17) is 33.2 Å². The maximum Gasteiger partial charge on any atom is 0.306 e. The first-order chi connectivity index (χ1) is 17.9. The number of carbonyl (C=O) groups excluding carboxylic acids is 5. The summed E-state index contributed by atoms with van der Waals surface area (Å²) in [4.78, 5) is 59.2. The third-order valence-corrected chi connectivity index (χ3v) is 5.20. The highest BCUT2D eigenvalue weighted by molar-refractivity contribution is 5.71. The number of aliphatic hydroxyl groups excluding tert-OH is 2. The monoisotopic (exact) mass is 550 g/mol. The van der Waals surface area contributed by atoms with Gasteiger partial charge in [0.15, 0.2) is 24.6 Å². The summed E-state index contributed by atoms with van der Waals surface area (Å²) in [6.07, 6.45) is -9.54. The first kappa shape index (κ1) is 33.2. The van der Waals surface area contributed by atoms with Crippen LogP contribution in [0.5, 0.6) is 0 Å². The molecule has 1 aliphatic rings. The first-order valence-corrected chi connectivity index (χ1v) is 12.4. The fourth-order valence-electron chi connectivity index (χ4n) is 3.28. The van der Waals surface area contributed by atoms with Crippen molar-refractivity contribution in [3.63, 3.8) is 0 Å². The number of ether oxygens (including phenoxy) is 7. The van der Waals surface area contributed by atoms with Crippen LogP contribution in [0.4, 0.5) is 0 Å². The van der Waals surface area contributed by atoms with E-state index in [0.29, 0.717) is 6.42 Å². The van der Waals surface area contributed by atoms with Crippen molar-refractivity contribution in [2.75, 3.05) is 19.8 Å². The fraction of sp³-hybridized carbons (Fsp3) is 0.792. The van der Waals surface area contributed by atoms with Crippen LogP contribution < -0.4 is 0 Å². The number of hydrogen-bond donors (Lipinski definition) is 2. The van der Waals surface area contributed by atoms with Gasteiger partial charge in [-0.3, -0.25) is 24.0 Å². The van der Waals surface area contributed by atoms with Crippen LogP contribution in [0.2, 0.25) is 0 Å². The van der Waals surface area contributed by atoms with Crippen LogP contribution in [0.25, 0.3) is 0 Å². The molecule has 218 valence electrons. The molecule has 0 aromatic heterocycles. The van der Waals surface area contributed by atoms with Crippen molar-refractivity contribution in [3.05, 3.63) is 0 Å². The average Bonchev–Trinajstić information content (AvgIpc) is 2.86. The minimum Gasteiger partial charge on any atom is -0.463 e. The van der Waals surface area contributed by atoms with E-state index in [0.717, 1.165) is 13.8 Å². The van der Waals surface area contributed by atoms with E-state index in [1.807, 2.05) is 0 Å². The molecule has 0 spiro atoms. The molecule has 1 fully saturated rings. The lowest BCUT2D eigenvalue weighted by Crippen LogP contribution is -2.63. The van der Waals surface area contributed by atoms with E-state index in [-0.39, 0.29) is 19.3 Å². The Morgan fingerprint density at radius 2 is 1.32 bits per heavy atom. The molecule has 14 nitrogen and oxygen atoms in total. The quantitative estimate of drug-likeness (QED) is 0.203. The Bertz CT molecular complexity index is 799. The molecule has 0 aliphatic carbocycles. The van der Waals surface area contributed by atoms with Crippen LogP contribution in [0.1, 0.15) is 60.3 Å². The molecule has 0 aromatic rings. The van der Waals surface area contributed by atoms with Gasteiger partial charge in [-0.1, -0.05) is 20.8 Å². The van der Waals surface area contributed by atoms with Crippen LogP contribution in [0, 0.1) is 0 Å². The van der Waals surface area contributed by atoms with Crippen molar-refractivity contribution >= 4 is 29.8 Å². The number of carbonyl (C=O) groups is 5. The molecule has 0 amide bonds. The smallest absolute Gasteiger partial charge is 0.306 e. The van der Waals surface area contributed by atoms with Gasteiger partial charge >= 0.3 is 29.8 Å². The second-order valence-electron chi connectivity index (χ2n) is 8.44. The maximum atomic E-state index is 12.2. The second-order valence-corrected chi connectivity index (χ2v) is 8.44. The normalized spacial score (nSPS) is 24.4. The molecule has 0 bridgehead atoms. The van der Waals surface area contributed by atoms with Gasteiger partial charge in [-0.05, 0) is 6.42 Å². The minimum atomic E-state index is -1.56. The molecule has 1 aliphatic heterocycles. The van der Waals surface area contributed by atoms with E-state index >= 15 is 0 Å². The standard InChI is InChI=1S/C24H38O14/c1-6-9-20(31)33-10-15(27)16(28)11-34-24-23(38-19(30)8-3)22(37-18(29)7-2)21(35-14(5)26)17(36-24)12-32-13(4)25/h15-17,21-24,27-28H,6-12H2,1-5H3/t15-,16+,17?,21?,22?,23?,24?/m0/s1. The molecule has 0 aromatic carbocycles. The van der Waals surface area contributed by atoms with Gasteiger partial charge in [0.25, 0.3) is 0 Å². The zero-order valence-corrected chi connectivity index (χ0v) is 22.3. The summed E-state index contributed by atoms with van der Waals surface area (Å²) in [7, 11) is 0. The minimum absolute atomic E-state index is 0.0691. The van der Waals surface area contributed by atoms with E-state index in [1.54, 1.807) is 6.92 Å². The van der Waals surface area contributed by atoms with E-state index in [2.05, 4.69) is 0 Å². The van der Waals surface area contributed by atoms with Gasteiger partial charge in [-0.15, -0.1) is 0 Å². The van der Waals surface area contributed by atoms with Gasteiger partial charge in [-0.25, -0.2) is 0 Å². The Morgan fingerprint density at radius 1 is 0.737 bits per heavy atom. The molecule has 5 unspecified atom stereocenters. The van der Waals surface area contributed by atoms with E-state index < -0.39 is 92.6 Å². The number of hydrogen-bond acceptors (Lipinski definition) is 14. The number of rotatable bonds is 15. The molecule has 7 atom stereocenters. The SMILES string of the molecule is CCCC(=O)OC[C@H](O)[C@H](O)COC1OC(COC(C)=O)C(OC(C)=O)C(OC(=O)CC)C1OC(=O)CC. The molecular formula is C24H38O14. The van der Waals surface area contributed by atoms with Crippen molar-refractivity contribution in [2.45, 2.75) is 103 Å². The summed E-state index contributed by atoms with van der Waals surface area (Å²) in [5, 5.41) is 20.5. The Labute approximate surface area is 220 Å². The van der Waals surface area contributed by atoms with Crippen molar-refractivity contribution < 1.29 is 67.3 Å². The molecule has 2 N–H and O–H groups in total. The topological polar surface area (TPSA) is 190 Å². The zero-order valence-electron chi connectivity index (χ0n) is 22.3. The molecule has 0 saturated carbocycles. The summed E-state index contributed by atoms with van der Waals surface area (Å²) >= 11 is 0. The average molecular weight is 551 g/mol. The van der Waals surface area contributed by atoms with Crippen LogP contribution in [0.15, 0.2) is 0 Å². The van der Waals surface area contributed by atoms with Gasteiger partial charge < -0.3 is 43.4 Å². The highest BCUT2D eigenvalue weighted by Gasteiger charge is 2.53. The Balaban J connectivity index is 3.20. The number of aliphatic hydroxyl groups is 2. The lowest BCUT2D eigenvalue weighted by atomic mass is 9.98. The van der Waals surface area contributed by atoms with Crippen molar-refractivity contribution in [1.82, 2.24) is 0 Å². The Hall–Kier alpha value is -2.81. The Morgan fingerprint density at radius 3 is 1.84 bits per heavy atom. The predicted molar refractivity (Wildman–Crippen MR) is 125 cm³/mol. The summed E-state index contributed by atoms with van der Waals surface area (Å²) in [6.45, 7) is 5.52. The van der Waals surface area contributed by atoms with Crippen molar-refractivity contribution in [1.29, 1.82) is 0 Å². The van der Waals surface area contributed by atoms with Crippen LogP contribution in [-0.2, 0) is 57.1 Å². The third kappa shape index (κ3) is 11.3. The van der Waals surface area contributed by atoms with Crippen molar-refractivity contribution in [3.8, 4) is 0 Å². The van der Waals surface area contributed by atoms with Crippen LogP contribution >= 0.6 is 0 Å². The van der Waals surface area contributed by atoms with Gasteiger partial charge in [-0.2, -0.15) is 0 Å². The molecule has 0 radical (unpaired) electrons. The first-order valence-electron chi connectivity index (χ1n) is 12.4. The summed E-state index contributed by atoms with van der Waals surface area (Å²) < 4.78 is 37.4.